The average molecular weight is 373 g/mol. The third-order valence-electron chi connectivity index (χ3n) is 4.48. The van der Waals surface area contributed by atoms with Crippen LogP contribution in [0.1, 0.15) is 16.7 Å². The summed E-state index contributed by atoms with van der Waals surface area (Å²) in [5, 5.41) is 11.2. The van der Waals surface area contributed by atoms with E-state index in [9.17, 15) is 10.1 Å². The summed E-state index contributed by atoms with van der Waals surface area (Å²) < 4.78 is 1.59. The van der Waals surface area contributed by atoms with E-state index in [1.165, 1.54) is 12.1 Å². The van der Waals surface area contributed by atoms with Gasteiger partial charge >= 0.3 is 0 Å². The van der Waals surface area contributed by atoms with Gasteiger partial charge in [-0.3, -0.25) is 10.1 Å². The lowest BCUT2D eigenvalue weighted by atomic mass is 10.1. The van der Waals surface area contributed by atoms with Crippen molar-refractivity contribution in [2.45, 2.75) is 20.5 Å². The van der Waals surface area contributed by atoms with Crippen molar-refractivity contribution in [1.82, 2.24) is 9.71 Å². The normalized spacial score (nSPS) is 10.9. The molecular formula is C22H19N3O3. The fourth-order valence-electron chi connectivity index (χ4n) is 3.35. The monoisotopic (exact) mass is 373 g/mol. The van der Waals surface area contributed by atoms with Gasteiger partial charge in [-0.1, -0.05) is 59.7 Å². The summed E-state index contributed by atoms with van der Waals surface area (Å²) in [7, 11) is 0. The van der Waals surface area contributed by atoms with Gasteiger partial charge in [0.1, 0.15) is 12.1 Å². The average Bonchev–Trinajstić information content (AvgIpc) is 3.04. The quantitative estimate of drug-likeness (QED) is 0.370. The van der Waals surface area contributed by atoms with Crippen molar-refractivity contribution in [2.75, 3.05) is 0 Å². The van der Waals surface area contributed by atoms with E-state index >= 15 is 0 Å². The van der Waals surface area contributed by atoms with Crippen LogP contribution in [0.3, 0.4) is 0 Å². The molecule has 0 N–H and O–H groups in total. The molecule has 0 unspecified atom stereocenters. The molecule has 6 heteroatoms. The second-order valence-electron chi connectivity index (χ2n) is 6.80. The predicted molar refractivity (Wildman–Crippen MR) is 108 cm³/mol. The molecule has 140 valence electrons. The van der Waals surface area contributed by atoms with E-state index in [0.29, 0.717) is 23.5 Å². The molecule has 0 spiro atoms. The molecule has 0 atom stereocenters. The van der Waals surface area contributed by atoms with Crippen molar-refractivity contribution in [3.8, 4) is 11.4 Å². The van der Waals surface area contributed by atoms with Crippen LogP contribution in [0.2, 0.25) is 0 Å². The van der Waals surface area contributed by atoms with Crippen molar-refractivity contribution in [2.24, 2.45) is 0 Å². The SMILES string of the molecule is Cc1cc(C)cc(COn2c(-c3ccccc3)nc3ccc([N+](=O)[O-])cc32)c1. The van der Waals surface area contributed by atoms with Crippen LogP contribution in [0, 0.1) is 24.0 Å². The molecule has 3 aromatic carbocycles. The van der Waals surface area contributed by atoms with Crippen molar-refractivity contribution in [3.63, 3.8) is 0 Å². The highest BCUT2D eigenvalue weighted by Crippen LogP contribution is 2.27. The van der Waals surface area contributed by atoms with Gasteiger partial charge in [0.05, 0.1) is 10.4 Å². The molecule has 0 fully saturated rings. The van der Waals surface area contributed by atoms with Crippen LogP contribution >= 0.6 is 0 Å². The minimum Gasteiger partial charge on any atom is -0.407 e. The van der Waals surface area contributed by atoms with Crippen LogP contribution in [0.5, 0.6) is 0 Å². The molecule has 0 aliphatic carbocycles. The lowest BCUT2D eigenvalue weighted by molar-refractivity contribution is -0.384. The van der Waals surface area contributed by atoms with Crippen LogP contribution in [-0.2, 0) is 6.61 Å². The van der Waals surface area contributed by atoms with Crippen LogP contribution in [0.25, 0.3) is 22.4 Å². The summed E-state index contributed by atoms with van der Waals surface area (Å²) in [6, 6.07) is 20.5. The van der Waals surface area contributed by atoms with Gasteiger partial charge < -0.3 is 4.84 Å². The molecule has 0 aliphatic rings. The van der Waals surface area contributed by atoms with Gasteiger partial charge in [-0.15, -0.1) is 0 Å². The number of hydrogen-bond donors (Lipinski definition) is 0. The minimum absolute atomic E-state index is 0.00302. The molecule has 0 aliphatic heterocycles. The molecule has 1 aromatic heterocycles. The number of benzene rings is 3. The lowest BCUT2D eigenvalue weighted by Gasteiger charge is -2.12. The summed E-state index contributed by atoms with van der Waals surface area (Å²) in [5.41, 5.74) is 5.44. The second kappa shape index (κ2) is 7.15. The van der Waals surface area contributed by atoms with Gasteiger partial charge in [0.15, 0.2) is 5.82 Å². The zero-order valence-electron chi connectivity index (χ0n) is 15.6. The molecule has 4 rings (SSSR count). The number of aryl methyl sites for hydroxylation is 2. The van der Waals surface area contributed by atoms with E-state index in [2.05, 4.69) is 23.2 Å². The summed E-state index contributed by atoms with van der Waals surface area (Å²) >= 11 is 0. The topological polar surface area (TPSA) is 70.2 Å². The fourth-order valence-corrected chi connectivity index (χ4v) is 3.35. The maximum absolute atomic E-state index is 11.2. The number of imidazole rings is 1. The fraction of sp³-hybridized carbons (Fsp3) is 0.136. The van der Waals surface area contributed by atoms with E-state index in [1.807, 2.05) is 44.2 Å². The van der Waals surface area contributed by atoms with Crippen molar-refractivity contribution in [3.05, 3.63) is 93.5 Å². The number of nitrogens with zero attached hydrogens (tertiary/aromatic N) is 3. The van der Waals surface area contributed by atoms with Gasteiger partial charge in [-0.25, -0.2) is 4.98 Å². The zero-order valence-corrected chi connectivity index (χ0v) is 15.6. The molecule has 4 aromatic rings. The molecule has 0 bridgehead atoms. The summed E-state index contributed by atoms with van der Waals surface area (Å²) in [6.45, 7) is 4.42. The maximum Gasteiger partial charge on any atom is 0.271 e. The smallest absolute Gasteiger partial charge is 0.271 e. The standard InChI is InChI=1S/C22H19N3O3/c1-15-10-16(2)12-17(11-15)14-28-24-21-13-19(25(26)27)8-9-20(21)23-22(24)18-6-4-3-5-7-18/h3-13H,14H2,1-2H3. The van der Waals surface area contributed by atoms with Crippen molar-refractivity contribution in [1.29, 1.82) is 0 Å². The Labute approximate surface area is 162 Å². The second-order valence-corrected chi connectivity index (χ2v) is 6.80. The summed E-state index contributed by atoms with van der Waals surface area (Å²) in [4.78, 5) is 21.6. The first-order valence-corrected chi connectivity index (χ1v) is 8.94. The zero-order chi connectivity index (χ0) is 19.7. The van der Waals surface area contributed by atoms with E-state index in [1.54, 1.807) is 10.8 Å². The van der Waals surface area contributed by atoms with Crippen molar-refractivity contribution >= 4 is 16.7 Å². The minimum atomic E-state index is -0.414. The Hall–Kier alpha value is -3.67. The Morgan fingerprint density at radius 3 is 2.39 bits per heavy atom. The molecule has 28 heavy (non-hydrogen) atoms. The van der Waals surface area contributed by atoms with Gasteiger partial charge in [-0.2, -0.15) is 4.73 Å². The van der Waals surface area contributed by atoms with Gasteiger partial charge in [0, 0.05) is 17.7 Å². The highest BCUT2D eigenvalue weighted by Gasteiger charge is 2.17. The number of nitro groups is 1. The first-order chi connectivity index (χ1) is 13.5. The van der Waals surface area contributed by atoms with Crippen LogP contribution in [-0.4, -0.2) is 14.6 Å². The van der Waals surface area contributed by atoms with Gasteiger partial charge in [-0.05, 0) is 25.5 Å². The van der Waals surface area contributed by atoms with E-state index < -0.39 is 4.92 Å². The highest BCUT2D eigenvalue weighted by atomic mass is 16.7. The summed E-state index contributed by atoms with van der Waals surface area (Å²) in [6.07, 6.45) is 0. The largest absolute Gasteiger partial charge is 0.407 e. The van der Waals surface area contributed by atoms with E-state index in [-0.39, 0.29) is 5.69 Å². The molecule has 6 nitrogen and oxygen atoms in total. The van der Waals surface area contributed by atoms with E-state index in [0.717, 1.165) is 22.3 Å². The Kier molecular flexibility index (Phi) is 4.53. The Morgan fingerprint density at radius 2 is 1.71 bits per heavy atom. The number of rotatable bonds is 5. The first kappa shape index (κ1) is 17.7. The number of nitro benzene ring substituents is 1. The lowest BCUT2D eigenvalue weighted by Crippen LogP contribution is -2.13. The third-order valence-corrected chi connectivity index (χ3v) is 4.48. The molecular weight excluding hydrogens is 354 g/mol. The Morgan fingerprint density at radius 1 is 1.00 bits per heavy atom. The first-order valence-electron chi connectivity index (χ1n) is 8.94. The molecule has 0 radical (unpaired) electrons. The third kappa shape index (κ3) is 3.44. The number of non-ortho nitro benzene ring substituents is 1. The molecule has 1 heterocycles. The molecule has 0 amide bonds. The van der Waals surface area contributed by atoms with Gasteiger partial charge in [0.2, 0.25) is 0 Å². The summed E-state index contributed by atoms with van der Waals surface area (Å²) in [5.74, 6) is 0.612. The highest BCUT2D eigenvalue weighted by molar-refractivity contribution is 5.82. The molecule has 0 saturated heterocycles. The maximum atomic E-state index is 11.2. The Balaban J connectivity index is 1.81. The Bertz CT molecular complexity index is 1150. The number of fused-ring (bicyclic) bond motifs is 1. The van der Waals surface area contributed by atoms with Crippen LogP contribution < -0.4 is 4.84 Å². The van der Waals surface area contributed by atoms with Crippen LogP contribution in [0.4, 0.5) is 5.69 Å². The van der Waals surface area contributed by atoms with Gasteiger partial charge in [0.25, 0.3) is 5.69 Å². The van der Waals surface area contributed by atoms with Crippen molar-refractivity contribution < 1.29 is 9.76 Å². The van der Waals surface area contributed by atoms with Crippen LogP contribution in [0.15, 0.2) is 66.7 Å². The number of hydrogen-bond acceptors (Lipinski definition) is 4. The van der Waals surface area contributed by atoms with E-state index in [4.69, 9.17) is 4.84 Å². The molecule has 0 saturated carbocycles. The number of aromatic nitrogens is 2. The predicted octanol–water partition coefficient (Wildman–Crippen LogP) is 4.86.